The van der Waals surface area contributed by atoms with Crippen molar-refractivity contribution in [2.24, 2.45) is 0 Å². The SMILES string of the molecule is COc1ccc(NC(=O)C(C)Sc2cccc(NC(=O)/C(=C\c3cccc(Br)c3)NC(=O)c3ccccc3)c2)cc1. The van der Waals surface area contributed by atoms with Gasteiger partial charge < -0.3 is 20.7 Å². The molecular formula is C32H28BrN3O4S. The fraction of sp³-hybridized carbons (Fsp3) is 0.0938. The van der Waals surface area contributed by atoms with Crippen LogP contribution in [0.5, 0.6) is 5.75 Å². The number of anilines is 2. The lowest BCUT2D eigenvalue weighted by atomic mass is 10.1. The summed E-state index contributed by atoms with van der Waals surface area (Å²) < 4.78 is 6.00. The molecule has 0 heterocycles. The zero-order chi connectivity index (χ0) is 29.2. The van der Waals surface area contributed by atoms with E-state index in [1.54, 1.807) is 79.9 Å². The van der Waals surface area contributed by atoms with Gasteiger partial charge in [-0.1, -0.05) is 52.3 Å². The minimum Gasteiger partial charge on any atom is -0.497 e. The van der Waals surface area contributed by atoms with E-state index < -0.39 is 17.1 Å². The molecule has 0 fully saturated rings. The number of amides is 3. The lowest BCUT2D eigenvalue weighted by molar-refractivity contribution is -0.115. The monoisotopic (exact) mass is 629 g/mol. The molecule has 1 unspecified atom stereocenters. The smallest absolute Gasteiger partial charge is 0.272 e. The van der Waals surface area contributed by atoms with Crippen molar-refractivity contribution in [2.45, 2.75) is 17.1 Å². The Bertz CT molecular complexity index is 1560. The van der Waals surface area contributed by atoms with E-state index in [0.29, 0.717) is 22.7 Å². The zero-order valence-electron chi connectivity index (χ0n) is 22.4. The largest absolute Gasteiger partial charge is 0.497 e. The van der Waals surface area contributed by atoms with Gasteiger partial charge in [-0.05, 0) is 85.3 Å². The molecule has 0 bridgehead atoms. The fourth-order valence-corrected chi connectivity index (χ4v) is 5.07. The number of halogens is 1. The molecule has 4 aromatic rings. The Kier molecular flexibility index (Phi) is 10.4. The zero-order valence-corrected chi connectivity index (χ0v) is 24.8. The van der Waals surface area contributed by atoms with E-state index >= 15 is 0 Å². The van der Waals surface area contributed by atoms with Crippen molar-refractivity contribution in [2.75, 3.05) is 17.7 Å². The van der Waals surface area contributed by atoms with Crippen LogP contribution >= 0.6 is 27.7 Å². The van der Waals surface area contributed by atoms with Crippen LogP contribution in [0.3, 0.4) is 0 Å². The second-order valence-electron chi connectivity index (χ2n) is 8.89. The molecular weight excluding hydrogens is 602 g/mol. The molecule has 7 nitrogen and oxygen atoms in total. The molecule has 4 rings (SSSR count). The predicted octanol–water partition coefficient (Wildman–Crippen LogP) is 6.99. The van der Waals surface area contributed by atoms with Crippen molar-refractivity contribution in [1.29, 1.82) is 0 Å². The van der Waals surface area contributed by atoms with Gasteiger partial charge in [-0.15, -0.1) is 11.8 Å². The summed E-state index contributed by atoms with van der Waals surface area (Å²) in [5.41, 5.74) is 2.45. The van der Waals surface area contributed by atoms with E-state index in [1.807, 2.05) is 43.3 Å². The Morgan fingerprint density at radius 1 is 0.829 bits per heavy atom. The lowest BCUT2D eigenvalue weighted by Crippen LogP contribution is -2.30. The maximum absolute atomic E-state index is 13.4. The van der Waals surface area contributed by atoms with Gasteiger partial charge in [-0.25, -0.2) is 0 Å². The highest BCUT2D eigenvalue weighted by Crippen LogP contribution is 2.27. The van der Waals surface area contributed by atoms with Crippen molar-refractivity contribution in [3.63, 3.8) is 0 Å². The first-order chi connectivity index (χ1) is 19.8. The molecule has 3 amide bonds. The molecule has 0 spiro atoms. The molecule has 9 heteroatoms. The maximum atomic E-state index is 13.4. The number of ether oxygens (including phenoxy) is 1. The maximum Gasteiger partial charge on any atom is 0.272 e. The van der Waals surface area contributed by atoms with E-state index in [2.05, 4.69) is 31.9 Å². The number of carbonyl (C=O) groups is 3. The molecule has 41 heavy (non-hydrogen) atoms. The molecule has 0 saturated carbocycles. The summed E-state index contributed by atoms with van der Waals surface area (Å²) >= 11 is 4.80. The van der Waals surface area contributed by atoms with Crippen molar-refractivity contribution in [3.8, 4) is 5.75 Å². The van der Waals surface area contributed by atoms with Crippen LogP contribution in [0.2, 0.25) is 0 Å². The van der Waals surface area contributed by atoms with Crippen molar-refractivity contribution >= 4 is 62.9 Å². The molecule has 1 atom stereocenters. The highest BCUT2D eigenvalue weighted by molar-refractivity contribution is 9.10. The van der Waals surface area contributed by atoms with E-state index in [9.17, 15) is 14.4 Å². The molecule has 208 valence electrons. The van der Waals surface area contributed by atoms with Crippen LogP contribution in [0, 0.1) is 0 Å². The molecule has 3 N–H and O–H groups in total. The first-order valence-corrected chi connectivity index (χ1v) is 14.3. The number of rotatable bonds is 10. The molecule has 0 aliphatic rings. The van der Waals surface area contributed by atoms with Crippen LogP contribution < -0.4 is 20.7 Å². The summed E-state index contributed by atoms with van der Waals surface area (Å²) in [6.45, 7) is 1.81. The van der Waals surface area contributed by atoms with Crippen LogP contribution in [0.4, 0.5) is 11.4 Å². The molecule has 0 aliphatic heterocycles. The number of hydrogen-bond donors (Lipinski definition) is 3. The first kappa shape index (κ1) is 29.6. The van der Waals surface area contributed by atoms with Crippen LogP contribution in [-0.4, -0.2) is 30.1 Å². The summed E-state index contributed by atoms with van der Waals surface area (Å²) in [6.07, 6.45) is 1.62. The summed E-state index contributed by atoms with van der Waals surface area (Å²) in [6, 6.07) is 30.4. The number of thioether (sulfide) groups is 1. The van der Waals surface area contributed by atoms with Gasteiger partial charge in [0.2, 0.25) is 5.91 Å². The van der Waals surface area contributed by atoms with Crippen LogP contribution in [0.1, 0.15) is 22.8 Å². The van der Waals surface area contributed by atoms with Gasteiger partial charge in [0, 0.05) is 26.3 Å². The topological polar surface area (TPSA) is 96.5 Å². The van der Waals surface area contributed by atoms with E-state index in [1.165, 1.54) is 11.8 Å². The highest BCUT2D eigenvalue weighted by Gasteiger charge is 2.17. The van der Waals surface area contributed by atoms with Gasteiger partial charge >= 0.3 is 0 Å². The Labute approximate surface area is 251 Å². The number of hydrogen-bond acceptors (Lipinski definition) is 5. The average molecular weight is 631 g/mol. The number of nitrogens with one attached hydrogen (secondary N) is 3. The minimum atomic E-state index is -0.485. The molecule has 0 radical (unpaired) electrons. The lowest BCUT2D eigenvalue weighted by Gasteiger charge is -2.14. The first-order valence-electron chi connectivity index (χ1n) is 12.7. The number of benzene rings is 4. The Morgan fingerprint density at radius 3 is 2.27 bits per heavy atom. The second-order valence-corrected chi connectivity index (χ2v) is 11.2. The fourth-order valence-electron chi connectivity index (χ4n) is 3.73. The van der Waals surface area contributed by atoms with Gasteiger partial charge in [0.05, 0.1) is 12.4 Å². The Morgan fingerprint density at radius 2 is 1.56 bits per heavy atom. The van der Waals surface area contributed by atoms with Gasteiger partial charge in [0.1, 0.15) is 11.4 Å². The quantitative estimate of drug-likeness (QED) is 0.130. The summed E-state index contributed by atoms with van der Waals surface area (Å²) in [5, 5.41) is 8.11. The van der Waals surface area contributed by atoms with Gasteiger partial charge in [-0.3, -0.25) is 14.4 Å². The summed E-state index contributed by atoms with van der Waals surface area (Å²) in [5.74, 6) is -0.333. The van der Waals surface area contributed by atoms with Gasteiger partial charge in [-0.2, -0.15) is 0 Å². The van der Waals surface area contributed by atoms with Crippen LogP contribution in [-0.2, 0) is 9.59 Å². The summed E-state index contributed by atoms with van der Waals surface area (Å²) in [4.78, 5) is 39.8. The van der Waals surface area contributed by atoms with Crippen LogP contribution in [0.25, 0.3) is 6.08 Å². The third-order valence-electron chi connectivity index (χ3n) is 5.82. The summed E-state index contributed by atoms with van der Waals surface area (Å²) in [7, 11) is 1.59. The molecule has 0 aliphatic carbocycles. The van der Waals surface area contributed by atoms with E-state index in [-0.39, 0.29) is 11.6 Å². The van der Waals surface area contributed by atoms with Crippen molar-refractivity contribution < 1.29 is 19.1 Å². The van der Waals surface area contributed by atoms with Crippen molar-refractivity contribution in [3.05, 3.63) is 124 Å². The van der Waals surface area contributed by atoms with Crippen molar-refractivity contribution in [1.82, 2.24) is 5.32 Å². The highest BCUT2D eigenvalue weighted by atomic mass is 79.9. The van der Waals surface area contributed by atoms with Gasteiger partial charge in [0.25, 0.3) is 11.8 Å². The predicted molar refractivity (Wildman–Crippen MR) is 168 cm³/mol. The normalized spacial score (nSPS) is 11.7. The molecule has 4 aromatic carbocycles. The minimum absolute atomic E-state index is 0.0854. The standard InChI is InChI=1S/C32H28BrN3O4S/c1-21(30(37)34-25-14-16-27(40-2)17-15-25)41-28-13-7-12-26(20-28)35-32(39)29(19-22-8-6-11-24(33)18-22)36-31(38)23-9-4-3-5-10-23/h3-21H,1-2H3,(H,34,37)(H,35,39)(H,36,38)/b29-19+. The van der Waals surface area contributed by atoms with E-state index in [4.69, 9.17) is 4.74 Å². The second kappa shape index (κ2) is 14.3. The molecule has 0 aromatic heterocycles. The number of methoxy groups -OCH3 is 1. The van der Waals surface area contributed by atoms with Crippen LogP contribution in [0.15, 0.2) is 118 Å². The van der Waals surface area contributed by atoms with Gasteiger partial charge in [0.15, 0.2) is 0 Å². The van der Waals surface area contributed by atoms with E-state index in [0.717, 1.165) is 14.9 Å². The third-order valence-corrected chi connectivity index (χ3v) is 7.41. The Balaban J connectivity index is 1.46. The molecule has 0 saturated heterocycles. The third kappa shape index (κ3) is 8.83. The number of carbonyl (C=O) groups excluding carboxylic acids is 3. The average Bonchev–Trinajstić information content (AvgIpc) is 2.97. The Hall–Kier alpha value is -4.34.